The van der Waals surface area contributed by atoms with Crippen LogP contribution in [0, 0.1) is 6.07 Å². The summed E-state index contributed by atoms with van der Waals surface area (Å²) in [7, 11) is -3.59. The summed E-state index contributed by atoms with van der Waals surface area (Å²) < 4.78 is 26.4. The van der Waals surface area contributed by atoms with E-state index in [0.717, 1.165) is 0 Å². The van der Waals surface area contributed by atoms with Crippen molar-refractivity contribution in [3.05, 3.63) is 54.6 Å². The fourth-order valence-electron chi connectivity index (χ4n) is 1.35. The molecule has 1 radical (unpaired) electrons. The Morgan fingerprint density at radius 2 is 2.00 bits per heavy atom. The number of nitrogen functional groups attached to an aromatic ring is 1. The fraction of sp³-hybridized carbons (Fsp3) is 0. The average Bonchev–Trinajstić information content (AvgIpc) is 2.30. The van der Waals surface area contributed by atoms with Gasteiger partial charge in [-0.2, -0.15) is 0 Å². The maximum atomic E-state index is 12.0. The van der Waals surface area contributed by atoms with Gasteiger partial charge in [0.05, 0.1) is 4.90 Å². The molecular weight excluding hydrogens is 236 g/mol. The molecule has 17 heavy (non-hydrogen) atoms. The second-order valence-corrected chi connectivity index (χ2v) is 5.15. The number of nitrogens with one attached hydrogen (secondary N) is 1. The molecular formula is C12H11N2O2S. The smallest absolute Gasteiger partial charge is 0.261 e. The lowest BCUT2D eigenvalue weighted by Gasteiger charge is -2.07. The Hall–Kier alpha value is -2.01. The van der Waals surface area contributed by atoms with Crippen LogP contribution in [0.4, 0.5) is 11.4 Å². The van der Waals surface area contributed by atoms with Gasteiger partial charge in [0.15, 0.2) is 0 Å². The molecule has 87 valence electrons. The van der Waals surface area contributed by atoms with Crippen LogP contribution < -0.4 is 10.5 Å². The molecule has 2 rings (SSSR count). The summed E-state index contributed by atoms with van der Waals surface area (Å²) >= 11 is 0. The van der Waals surface area contributed by atoms with Gasteiger partial charge in [-0.05, 0) is 36.4 Å². The van der Waals surface area contributed by atoms with Crippen molar-refractivity contribution < 1.29 is 8.42 Å². The Balaban J connectivity index is 2.32. The van der Waals surface area contributed by atoms with Crippen molar-refractivity contribution >= 4 is 21.4 Å². The molecule has 0 fully saturated rings. The van der Waals surface area contributed by atoms with Crippen LogP contribution >= 0.6 is 0 Å². The van der Waals surface area contributed by atoms with Gasteiger partial charge in [0, 0.05) is 11.4 Å². The minimum Gasteiger partial charge on any atom is -0.399 e. The highest BCUT2D eigenvalue weighted by molar-refractivity contribution is 7.92. The number of benzene rings is 2. The van der Waals surface area contributed by atoms with Gasteiger partial charge in [-0.3, -0.25) is 4.72 Å². The van der Waals surface area contributed by atoms with Gasteiger partial charge in [-0.25, -0.2) is 8.42 Å². The first-order chi connectivity index (χ1) is 8.08. The Morgan fingerprint density at radius 1 is 1.18 bits per heavy atom. The molecule has 0 aliphatic heterocycles. The molecule has 4 nitrogen and oxygen atoms in total. The van der Waals surface area contributed by atoms with Crippen LogP contribution in [0.5, 0.6) is 0 Å². The van der Waals surface area contributed by atoms with E-state index < -0.39 is 10.0 Å². The van der Waals surface area contributed by atoms with Gasteiger partial charge in [0.2, 0.25) is 0 Å². The summed E-state index contributed by atoms with van der Waals surface area (Å²) in [5.74, 6) is 0. The average molecular weight is 247 g/mol. The maximum Gasteiger partial charge on any atom is 0.261 e. The van der Waals surface area contributed by atoms with Crippen molar-refractivity contribution in [2.75, 3.05) is 10.5 Å². The highest BCUT2D eigenvalue weighted by Gasteiger charge is 2.13. The second-order valence-electron chi connectivity index (χ2n) is 3.47. The van der Waals surface area contributed by atoms with E-state index in [-0.39, 0.29) is 4.90 Å². The maximum absolute atomic E-state index is 12.0. The molecule has 0 aromatic heterocycles. The lowest BCUT2D eigenvalue weighted by atomic mass is 10.3. The van der Waals surface area contributed by atoms with Crippen LogP contribution in [0.25, 0.3) is 0 Å². The van der Waals surface area contributed by atoms with Gasteiger partial charge in [-0.1, -0.05) is 18.2 Å². The van der Waals surface area contributed by atoms with E-state index in [1.54, 1.807) is 36.4 Å². The topological polar surface area (TPSA) is 72.2 Å². The second kappa shape index (κ2) is 4.47. The quantitative estimate of drug-likeness (QED) is 0.813. The molecule has 0 atom stereocenters. The molecule has 0 saturated carbocycles. The number of nitrogens with two attached hydrogens (primary N) is 1. The first-order valence-corrected chi connectivity index (χ1v) is 6.41. The molecule has 0 amide bonds. The fourth-order valence-corrected chi connectivity index (χ4v) is 2.46. The van der Waals surface area contributed by atoms with Crippen LogP contribution in [0.2, 0.25) is 0 Å². The first-order valence-electron chi connectivity index (χ1n) is 4.92. The number of sulfonamides is 1. The summed E-state index contributed by atoms with van der Waals surface area (Å²) in [4.78, 5) is 0.140. The van der Waals surface area contributed by atoms with Crippen LogP contribution in [-0.4, -0.2) is 8.42 Å². The summed E-state index contributed by atoms with van der Waals surface area (Å²) in [6.07, 6.45) is 0. The predicted octanol–water partition coefficient (Wildman–Crippen LogP) is 1.87. The molecule has 0 heterocycles. The van der Waals surface area contributed by atoms with E-state index in [1.807, 2.05) is 0 Å². The number of rotatable bonds is 3. The molecule has 0 bridgehead atoms. The summed E-state index contributed by atoms with van der Waals surface area (Å²) in [6, 6.07) is 15.5. The Bertz CT molecular complexity index is 609. The molecule has 0 saturated heterocycles. The van der Waals surface area contributed by atoms with Crippen molar-refractivity contribution in [3.63, 3.8) is 0 Å². The first kappa shape index (κ1) is 11.5. The molecule has 2 aromatic carbocycles. The minimum absolute atomic E-state index is 0.140. The van der Waals surface area contributed by atoms with Crippen molar-refractivity contribution in [1.29, 1.82) is 0 Å². The monoisotopic (exact) mass is 247 g/mol. The Kier molecular flexibility index (Phi) is 3.01. The van der Waals surface area contributed by atoms with Crippen LogP contribution in [0.15, 0.2) is 53.4 Å². The third kappa shape index (κ3) is 2.76. The van der Waals surface area contributed by atoms with Crippen molar-refractivity contribution in [2.45, 2.75) is 4.90 Å². The van der Waals surface area contributed by atoms with E-state index in [9.17, 15) is 8.42 Å². The number of hydrogen-bond acceptors (Lipinski definition) is 3. The predicted molar refractivity (Wildman–Crippen MR) is 66.9 cm³/mol. The molecule has 5 heteroatoms. The zero-order chi connectivity index (χ0) is 12.3. The molecule has 0 aliphatic carbocycles. The van der Waals surface area contributed by atoms with Crippen molar-refractivity contribution in [1.82, 2.24) is 0 Å². The van der Waals surface area contributed by atoms with Crippen LogP contribution in [0.1, 0.15) is 0 Å². The zero-order valence-corrected chi connectivity index (χ0v) is 9.74. The van der Waals surface area contributed by atoms with Crippen molar-refractivity contribution in [2.24, 2.45) is 0 Å². The molecule has 0 spiro atoms. The van der Waals surface area contributed by atoms with Crippen LogP contribution in [0.3, 0.4) is 0 Å². The van der Waals surface area contributed by atoms with Crippen molar-refractivity contribution in [3.8, 4) is 0 Å². The van der Waals surface area contributed by atoms with E-state index in [2.05, 4.69) is 10.8 Å². The van der Waals surface area contributed by atoms with Crippen LogP contribution in [-0.2, 0) is 10.0 Å². The summed E-state index contributed by atoms with van der Waals surface area (Å²) in [5.41, 5.74) is 6.43. The van der Waals surface area contributed by atoms with Gasteiger partial charge in [0.25, 0.3) is 10.0 Å². The SMILES string of the molecule is Nc1cccc(S(=O)(=O)Nc2c[c]ccc2)c1. The van der Waals surface area contributed by atoms with Gasteiger partial charge in [0.1, 0.15) is 0 Å². The molecule has 0 aliphatic rings. The molecule has 0 unspecified atom stereocenters. The van der Waals surface area contributed by atoms with E-state index in [0.29, 0.717) is 11.4 Å². The lowest BCUT2D eigenvalue weighted by Crippen LogP contribution is -2.13. The van der Waals surface area contributed by atoms with E-state index >= 15 is 0 Å². The highest BCUT2D eigenvalue weighted by atomic mass is 32.2. The highest BCUT2D eigenvalue weighted by Crippen LogP contribution is 2.17. The van der Waals surface area contributed by atoms with Gasteiger partial charge >= 0.3 is 0 Å². The minimum atomic E-state index is -3.59. The molecule has 2 aromatic rings. The van der Waals surface area contributed by atoms with E-state index in [1.165, 1.54) is 12.1 Å². The van der Waals surface area contributed by atoms with Gasteiger partial charge in [-0.15, -0.1) is 0 Å². The normalized spacial score (nSPS) is 11.1. The third-order valence-electron chi connectivity index (χ3n) is 2.13. The van der Waals surface area contributed by atoms with E-state index in [4.69, 9.17) is 5.73 Å². The third-order valence-corrected chi connectivity index (χ3v) is 3.51. The number of hydrogen-bond donors (Lipinski definition) is 2. The largest absolute Gasteiger partial charge is 0.399 e. The number of anilines is 2. The summed E-state index contributed by atoms with van der Waals surface area (Å²) in [6.45, 7) is 0. The Morgan fingerprint density at radius 3 is 2.65 bits per heavy atom. The zero-order valence-electron chi connectivity index (χ0n) is 8.92. The Labute approximate surface area is 100 Å². The molecule has 3 N–H and O–H groups in total. The van der Waals surface area contributed by atoms with Gasteiger partial charge < -0.3 is 5.73 Å². The lowest BCUT2D eigenvalue weighted by molar-refractivity contribution is 0.601. The summed E-state index contributed by atoms with van der Waals surface area (Å²) in [5, 5.41) is 0. The standard InChI is InChI=1S/C12H11N2O2S/c13-10-5-4-8-12(9-10)17(15,16)14-11-6-2-1-3-7-11/h1-2,4-9,14H,13H2.